The van der Waals surface area contributed by atoms with Crippen LogP contribution >= 0.6 is 23.4 Å². The van der Waals surface area contributed by atoms with Gasteiger partial charge in [0.2, 0.25) is 11.2 Å². The van der Waals surface area contributed by atoms with Gasteiger partial charge >= 0.3 is 0 Å². The van der Waals surface area contributed by atoms with Gasteiger partial charge in [-0.05, 0) is 63.6 Å². The lowest BCUT2D eigenvalue weighted by molar-refractivity contribution is 0.242. The van der Waals surface area contributed by atoms with Crippen molar-refractivity contribution >= 4 is 34.6 Å². The fraction of sp³-hybridized carbons (Fsp3) is 0.400. The van der Waals surface area contributed by atoms with Crippen molar-refractivity contribution in [3.63, 3.8) is 0 Å². The third kappa shape index (κ3) is 3.61. The number of halogens is 1. The molecule has 2 atom stereocenters. The van der Waals surface area contributed by atoms with Gasteiger partial charge in [0.15, 0.2) is 5.82 Å². The Balaban J connectivity index is 1.67. The quantitative estimate of drug-likeness (QED) is 0.529. The Hall–Kier alpha value is -2.12. The van der Waals surface area contributed by atoms with Crippen molar-refractivity contribution in [2.24, 2.45) is 9.98 Å². The molecular formula is C20H21ClN4O2S. The number of benzene rings is 1. The van der Waals surface area contributed by atoms with Crippen LogP contribution in [0.2, 0.25) is 0 Å². The molecule has 146 valence electrons. The molecule has 0 bridgehead atoms. The van der Waals surface area contributed by atoms with E-state index in [0.29, 0.717) is 18.3 Å². The molecule has 0 amide bonds. The van der Waals surface area contributed by atoms with Gasteiger partial charge in [-0.1, -0.05) is 11.8 Å². The number of nitrogens with zero attached hydrogens (tertiary/aromatic N) is 4. The van der Waals surface area contributed by atoms with Crippen LogP contribution in [0.3, 0.4) is 0 Å². The number of amidine groups is 1. The van der Waals surface area contributed by atoms with E-state index in [9.17, 15) is 0 Å². The first-order valence-corrected chi connectivity index (χ1v) is 10.5. The summed E-state index contributed by atoms with van der Waals surface area (Å²) in [7, 11) is 0. The summed E-state index contributed by atoms with van der Waals surface area (Å²) < 4.78 is 11.4. The van der Waals surface area contributed by atoms with Gasteiger partial charge in [0.25, 0.3) is 0 Å². The predicted octanol–water partition coefficient (Wildman–Crippen LogP) is 4.80. The molecule has 1 aromatic carbocycles. The molecule has 0 saturated heterocycles. The second kappa shape index (κ2) is 7.72. The van der Waals surface area contributed by atoms with Crippen LogP contribution in [0.1, 0.15) is 38.1 Å². The molecular weight excluding hydrogens is 396 g/mol. The van der Waals surface area contributed by atoms with Crippen molar-refractivity contribution in [1.29, 1.82) is 0 Å². The van der Waals surface area contributed by atoms with Crippen LogP contribution in [0.4, 0.5) is 0 Å². The largest absolute Gasteiger partial charge is 0.491 e. The Morgan fingerprint density at radius 2 is 1.93 bits per heavy atom. The first kappa shape index (κ1) is 19.2. The lowest BCUT2D eigenvalue weighted by Gasteiger charge is -2.21. The Bertz CT molecular complexity index is 959. The van der Waals surface area contributed by atoms with E-state index < -0.39 is 0 Å². The predicted molar refractivity (Wildman–Crippen MR) is 113 cm³/mol. The number of aryl methyl sites for hydroxylation is 1. The maximum atomic E-state index is 6.13. The highest BCUT2D eigenvalue weighted by molar-refractivity contribution is 8.01. The molecule has 8 heteroatoms. The van der Waals surface area contributed by atoms with Crippen molar-refractivity contribution in [3.8, 4) is 17.1 Å². The van der Waals surface area contributed by atoms with Crippen LogP contribution in [0, 0.1) is 6.92 Å². The van der Waals surface area contributed by atoms with E-state index in [0.717, 1.165) is 27.6 Å². The van der Waals surface area contributed by atoms with Crippen molar-refractivity contribution in [1.82, 2.24) is 9.97 Å². The van der Waals surface area contributed by atoms with Gasteiger partial charge in [0, 0.05) is 16.8 Å². The van der Waals surface area contributed by atoms with E-state index in [1.807, 2.05) is 52.0 Å². The fourth-order valence-electron chi connectivity index (χ4n) is 3.28. The van der Waals surface area contributed by atoms with E-state index in [2.05, 4.69) is 9.98 Å². The number of hydrogen-bond acceptors (Lipinski definition) is 7. The summed E-state index contributed by atoms with van der Waals surface area (Å²) in [5, 5.41) is 1.06. The highest BCUT2D eigenvalue weighted by atomic mass is 35.5. The van der Waals surface area contributed by atoms with Crippen LogP contribution in [0.25, 0.3) is 11.4 Å². The van der Waals surface area contributed by atoms with Gasteiger partial charge in [0.05, 0.1) is 12.7 Å². The first-order chi connectivity index (χ1) is 13.5. The summed E-state index contributed by atoms with van der Waals surface area (Å²) in [6.07, 6.45) is 0.137. The molecule has 3 heterocycles. The maximum Gasteiger partial charge on any atom is 0.221 e. The molecule has 2 unspecified atom stereocenters. The standard InChI is InChI=1S/C20H21ClN4O2S/c1-5-26-18-16-15(23-20(21)25-18)14-11(4)22-17(24-19(14)28-16)12-6-8-13(9-7-12)27-10(2)3/h6-10,15-16H,5H2,1-4H3. The molecule has 0 spiro atoms. The Kier molecular flexibility index (Phi) is 5.29. The lowest BCUT2D eigenvalue weighted by Crippen LogP contribution is -2.28. The minimum Gasteiger partial charge on any atom is -0.491 e. The first-order valence-electron chi connectivity index (χ1n) is 9.23. The molecule has 0 aliphatic carbocycles. The van der Waals surface area contributed by atoms with Gasteiger partial charge in [-0.3, -0.25) is 0 Å². The summed E-state index contributed by atoms with van der Waals surface area (Å²) in [5.41, 5.74) is 2.84. The molecule has 1 aromatic heterocycles. The third-order valence-corrected chi connectivity index (χ3v) is 5.82. The number of aliphatic imine (C=N–C) groups is 2. The number of fused-ring (bicyclic) bond motifs is 3. The third-order valence-electron chi connectivity index (χ3n) is 4.39. The van der Waals surface area contributed by atoms with Crippen molar-refractivity contribution in [2.45, 2.75) is 50.1 Å². The summed E-state index contributed by atoms with van der Waals surface area (Å²) in [4.78, 5) is 18.3. The van der Waals surface area contributed by atoms with Crippen LogP contribution in [0.15, 0.2) is 39.3 Å². The molecule has 0 saturated carbocycles. The van der Waals surface area contributed by atoms with E-state index >= 15 is 0 Å². The molecule has 6 nitrogen and oxygen atoms in total. The number of hydrogen-bond donors (Lipinski definition) is 0. The average Bonchev–Trinajstić information content (AvgIpc) is 3.01. The molecule has 0 N–H and O–H groups in total. The topological polar surface area (TPSA) is 69.0 Å². The number of thioether (sulfide) groups is 1. The number of ether oxygens (including phenoxy) is 2. The van der Waals surface area contributed by atoms with Crippen LogP contribution in [-0.4, -0.2) is 39.1 Å². The van der Waals surface area contributed by atoms with E-state index in [4.69, 9.17) is 31.0 Å². The van der Waals surface area contributed by atoms with E-state index in [1.165, 1.54) is 0 Å². The van der Waals surface area contributed by atoms with Gasteiger partial charge in [-0.2, -0.15) is 4.99 Å². The Morgan fingerprint density at radius 1 is 1.18 bits per heavy atom. The summed E-state index contributed by atoms with van der Waals surface area (Å²) in [6, 6.07) is 7.68. The zero-order valence-corrected chi connectivity index (χ0v) is 17.7. The Labute approximate surface area is 173 Å². The van der Waals surface area contributed by atoms with E-state index in [1.54, 1.807) is 11.8 Å². The molecule has 2 aliphatic rings. The molecule has 0 fully saturated rings. The normalized spacial score (nSPS) is 20.4. The zero-order chi connectivity index (χ0) is 19.8. The smallest absolute Gasteiger partial charge is 0.221 e. The lowest BCUT2D eigenvalue weighted by atomic mass is 10.0. The summed E-state index contributed by atoms with van der Waals surface area (Å²) in [6.45, 7) is 8.46. The van der Waals surface area contributed by atoms with Crippen LogP contribution in [0.5, 0.6) is 5.75 Å². The number of rotatable bonds is 4. The SMILES string of the molecule is CCOC1=NC(Cl)=NC2c3c(C)nc(-c4ccc(OC(C)C)cc4)nc3SC12. The van der Waals surface area contributed by atoms with Crippen LogP contribution < -0.4 is 4.74 Å². The minimum absolute atomic E-state index is 0.0532. The number of aromatic nitrogens is 2. The van der Waals surface area contributed by atoms with Crippen molar-refractivity contribution in [3.05, 3.63) is 35.5 Å². The highest BCUT2D eigenvalue weighted by Crippen LogP contribution is 2.49. The monoisotopic (exact) mass is 416 g/mol. The maximum absolute atomic E-state index is 6.13. The second-order valence-corrected chi connectivity index (χ2v) is 8.28. The summed E-state index contributed by atoms with van der Waals surface area (Å²) in [5.74, 6) is 2.12. The average molecular weight is 417 g/mol. The highest BCUT2D eigenvalue weighted by Gasteiger charge is 2.43. The van der Waals surface area contributed by atoms with Crippen molar-refractivity contribution < 1.29 is 9.47 Å². The molecule has 2 aromatic rings. The van der Waals surface area contributed by atoms with E-state index in [-0.39, 0.29) is 22.7 Å². The molecule has 0 radical (unpaired) electrons. The second-order valence-electron chi connectivity index (χ2n) is 6.81. The molecule has 2 aliphatic heterocycles. The molecule has 4 rings (SSSR count). The fourth-order valence-corrected chi connectivity index (χ4v) is 4.79. The minimum atomic E-state index is -0.164. The Morgan fingerprint density at radius 3 is 2.61 bits per heavy atom. The van der Waals surface area contributed by atoms with Gasteiger partial charge < -0.3 is 9.47 Å². The summed E-state index contributed by atoms with van der Waals surface area (Å²) >= 11 is 7.74. The van der Waals surface area contributed by atoms with Gasteiger partial charge in [-0.25, -0.2) is 15.0 Å². The van der Waals surface area contributed by atoms with Gasteiger partial charge in [-0.15, -0.1) is 0 Å². The molecule has 28 heavy (non-hydrogen) atoms. The zero-order valence-electron chi connectivity index (χ0n) is 16.1. The van der Waals surface area contributed by atoms with Gasteiger partial charge in [0.1, 0.15) is 22.1 Å². The van der Waals surface area contributed by atoms with Crippen LogP contribution in [-0.2, 0) is 4.74 Å². The van der Waals surface area contributed by atoms with Crippen molar-refractivity contribution in [2.75, 3.05) is 6.61 Å².